The molecule has 0 aliphatic heterocycles. The minimum absolute atomic E-state index is 0. The third kappa shape index (κ3) is 578. The third-order valence-corrected chi connectivity index (χ3v) is 0. The summed E-state index contributed by atoms with van der Waals surface area (Å²) in [6.45, 7) is 0. The molecule has 0 aliphatic rings. The van der Waals surface area contributed by atoms with E-state index >= 15 is 0 Å². The molecule has 0 bridgehead atoms. The summed E-state index contributed by atoms with van der Waals surface area (Å²) in [5.74, 6) is 0. The Bertz CT molecular complexity index is 126. The van der Waals surface area contributed by atoms with Crippen molar-refractivity contribution in [3.05, 3.63) is 0 Å². The SMILES string of the molecule is O=C(O)F.O=C(O)F.O=C(O)F.[H-].[Li+]. The van der Waals surface area contributed by atoms with Gasteiger partial charge in [-0.2, -0.15) is 0 Å². The zero-order valence-corrected chi connectivity index (χ0v) is 6.20. The van der Waals surface area contributed by atoms with Crippen molar-refractivity contribution in [1.82, 2.24) is 0 Å². The molecule has 0 aromatic rings. The van der Waals surface area contributed by atoms with Crippen molar-refractivity contribution in [2.24, 2.45) is 0 Å². The summed E-state index contributed by atoms with van der Waals surface area (Å²) in [6, 6.07) is 0. The maximum atomic E-state index is 9.92. The van der Waals surface area contributed by atoms with Gasteiger partial charge in [0.25, 0.3) is 0 Å². The number of hydrogen-bond acceptors (Lipinski definition) is 3. The summed E-state index contributed by atoms with van der Waals surface area (Å²) in [5, 5.41) is 20.2. The van der Waals surface area contributed by atoms with Crippen LogP contribution in [-0.2, 0) is 0 Å². The maximum absolute atomic E-state index is 9.92. The van der Waals surface area contributed by atoms with Gasteiger partial charge in [0.05, 0.1) is 0 Å². The Hall–Kier alpha value is -1.20. The van der Waals surface area contributed by atoms with Crippen LogP contribution in [0.15, 0.2) is 0 Å². The van der Waals surface area contributed by atoms with Gasteiger partial charge in [-0.25, -0.2) is 14.4 Å². The Labute approximate surface area is 82.6 Å². The first kappa shape index (κ1) is 22.6. The average molecular weight is 200 g/mol. The van der Waals surface area contributed by atoms with E-state index < -0.39 is 18.7 Å². The normalized spacial score (nSPS) is 5.77. The van der Waals surface area contributed by atoms with Crippen molar-refractivity contribution < 1.29 is 63.2 Å². The van der Waals surface area contributed by atoms with E-state index in [0.29, 0.717) is 0 Å². The van der Waals surface area contributed by atoms with Gasteiger partial charge in [-0.3, -0.25) is 0 Å². The Balaban J connectivity index is -0.0000000270. The van der Waals surface area contributed by atoms with Crippen molar-refractivity contribution in [2.75, 3.05) is 0 Å². The van der Waals surface area contributed by atoms with Crippen LogP contribution in [-0.4, -0.2) is 34.0 Å². The quantitative estimate of drug-likeness (QED) is 0.342. The van der Waals surface area contributed by atoms with Crippen LogP contribution in [0.1, 0.15) is 1.43 Å². The maximum Gasteiger partial charge on any atom is 1.00 e. The fraction of sp³-hybridized carbons (Fsp3) is 0. The van der Waals surface area contributed by atoms with Gasteiger partial charge < -0.3 is 16.7 Å². The summed E-state index contributed by atoms with van der Waals surface area (Å²) in [5.41, 5.74) is 0. The molecule has 0 aliphatic carbocycles. The van der Waals surface area contributed by atoms with Crippen LogP contribution in [0.2, 0.25) is 0 Å². The summed E-state index contributed by atoms with van der Waals surface area (Å²) >= 11 is 0. The number of rotatable bonds is 0. The molecule has 13 heavy (non-hydrogen) atoms. The van der Waals surface area contributed by atoms with Gasteiger partial charge >= 0.3 is 37.5 Å². The molecule has 0 aromatic heterocycles. The monoisotopic (exact) mass is 200 g/mol. The van der Waals surface area contributed by atoms with E-state index in [2.05, 4.69) is 0 Å². The van der Waals surface area contributed by atoms with Gasteiger partial charge in [0.1, 0.15) is 0 Å². The Morgan fingerprint density at radius 1 is 0.769 bits per heavy atom. The van der Waals surface area contributed by atoms with Crippen molar-refractivity contribution in [2.45, 2.75) is 0 Å². The van der Waals surface area contributed by atoms with E-state index in [1.165, 1.54) is 0 Å². The molecule has 0 unspecified atom stereocenters. The minimum Gasteiger partial charge on any atom is -1.00 e. The summed E-state index contributed by atoms with van der Waals surface area (Å²) in [6.07, 6.45) is -7.00. The molecule has 0 aromatic carbocycles. The molecule has 0 saturated carbocycles. The number of hydrogen-bond donors (Lipinski definition) is 3. The summed E-state index contributed by atoms with van der Waals surface area (Å²) in [4.78, 5) is 25.0. The molecule has 0 rings (SSSR count). The zero-order valence-electron chi connectivity index (χ0n) is 7.20. The second-order valence-electron chi connectivity index (χ2n) is 0.759. The van der Waals surface area contributed by atoms with Gasteiger partial charge in [0.2, 0.25) is 0 Å². The number of carbonyl (C=O) groups is 3. The largest absolute Gasteiger partial charge is 1.00 e. The van der Waals surface area contributed by atoms with Gasteiger partial charge in [0, 0.05) is 0 Å². The molecule has 0 spiro atoms. The average Bonchev–Trinajstić information content (AvgIpc) is 1.54. The van der Waals surface area contributed by atoms with Crippen LogP contribution in [0.5, 0.6) is 0 Å². The van der Waals surface area contributed by atoms with E-state index in [1.807, 2.05) is 0 Å². The van der Waals surface area contributed by atoms with E-state index in [0.717, 1.165) is 0 Å². The molecule has 0 fully saturated rings. The molecule has 0 amide bonds. The first-order valence-electron chi connectivity index (χ1n) is 1.85. The molecule has 3 N–H and O–H groups in total. The molecule has 0 atom stereocenters. The molecule has 0 heterocycles. The van der Waals surface area contributed by atoms with Crippen LogP contribution in [0, 0.1) is 0 Å². The molecule has 74 valence electrons. The molecular formula is C3H4F3LiO6. The van der Waals surface area contributed by atoms with Crippen LogP contribution in [0.4, 0.5) is 27.6 Å². The Morgan fingerprint density at radius 2 is 0.769 bits per heavy atom. The second-order valence-corrected chi connectivity index (χ2v) is 0.759. The van der Waals surface area contributed by atoms with E-state index in [9.17, 15) is 13.2 Å². The Morgan fingerprint density at radius 3 is 0.769 bits per heavy atom. The predicted octanol–water partition coefficient (Wildman–Crippen LogP) is -0.982. The first-order chi connectivity index (χ1) is 5.20. The van der Waals surface area contributed by atoms with Gasteiger partial charge in [0.15, 0.2) is 0 Å². The van der Waals surface area contributed by atoms with E-state index in [4.69, 9.17) is 29.7 Å². The third-order valence-electron chi connectivity index (χ3n) is 0. The minimum atomic E-state index is -2.33. The van der Waals surface area contributed by atoms with E-state index in [1.54, 1.807) is 0 Å². The Kier molecular flexibility index (Phi) is 29.7. The van der Waals surface area contributed by atoms with Gasteiger partial charge in [-0.15, -0.1) is 13.2 Å². The van der Waals surface area contributed by atoms with Crippen LogP contribution >= 0.6 is 0 Å². The van der Waals surface area contributed by atoms with Crippen molar-refractivity contribution in [3.63, 3.8) is 0 Å². The topological polar surface area (TPSA) is 112 Å². The van der Waals surface area contributed by atoms with Crippen LogP contribution < -0.4 is 18.9 Å². The fourth-order valence-electron chi connectivity index (χ4n) is 0. The first-order valence-corrected chi connectivity index (χ1v) is 1.85. The van der Waals surface area contributed by atoms with Crippen molar-refractivity contribution in [1.29, 1.82) is 0 Å². The van der Waals surface area contributed by atoms with Gasteiger partial charge in [-0.05, 0) is 0 Å². The molecular weight excluding hydrogens is 196 g/mol. The molecule has 0 saturated heterocycles. The molecule has 10 heteroatoms. The number of carboxylic acid groups (broad SMARTS) is 3. The summed E-state index contributed by atoms with van der Waals surface area (Å²) < 4.78 is 29.8. The molecule has 6 nitrogen and oxygen atoms in total. The zero-order chi connectivity index (χ0) is 10.7. The van der Waals surface area contributed by atoms with Gasteiger partial charge in [-0.1, -0.05) is 0 Å². The van der Waals surface area contributed by atoms with Crippen molar-refractivity contribution in [3.8, 4) is 0 Å². The predicted molar refractivity (Wildman–Crippen MR) is 28.5 cm³/mol. The fourth-order valence-corrected chi connectivity index (χ4v) is 0. The standard InChI is InChI=1S/3CHFO2.Li.H/c3*2-1(3)4;;/h3*(H,3,4);;/q;;;+1;-1. The van der Waals surface area contributed by atoms with Crippen LogP contribution in [0.25, 0.3) is 0 Å². The smallest absolute Gasteiger partial charge is 1.00 e. The number of halogens is 3. The summed E-state index contributed by atoms with van der Waals surface area (Å²) in [7, 11) is 0. The van der Waals surface area contributed by atoms with E-state index in [-0.39, 0.29) is 20.3 Å². The van der Waals surface area contributed by atoms with Crippen molar-refractivity contribution >= 4 is 18.7 Å². The van der Waals surface area contributed by atoms with Crippen LogP contribution in [0.3, 0.4) is 0 Å². The molecule has 0 radical (unpaired) electrons. The second kappa shape index (κ2) is 17.0.